The zero-order valence-corrected chi connectivity index (χ0v) is 8.21. The number of esters is 1. The number of ketones is 1. The number of rotatable bonds is 3. The van der Waals surface area contributed by atoms with Gasteiger partial charge in [-0.05, 0) is 18.8 Å². The van der Waals surface area contributed by atoms with Crippen molar-refractivity contribution in [3.8, 4) is 0 Å². The maximum absolute atomic E-state index is 11.5. The molecular formula is C10H16O3. The standard InChI is InChI=1S/C10H16O3/c1-7(2)6-8(11)9-4-3-5-10(12)13-9/h7,9H,3-6H2,1-2H3/t9-/m0/s1. The zero-order chi connectivity index (χ0) is 9.84. The first-order chi connectivity index (χ1) is 6.09. The van der Waals surface area contributed by atoms with E-state index >= 15 is 0 Å². The fourth-order valence-electron chi connectivity index (χ4n) is 1.47. The molecule has 1 atom stereocenters. The smallest absolute Gasteiger partial charge is 0.306 e. The van der Waals surface area contributed by atoms with E-state index in [0.717, 1.165) is 6.42 Å². The third-order valence-corrected chi connectivity index (χ3v) is 2.09. The molecule has 3 nitrogen and oxygen atoms in total. The number of hydrogen-bond acceptors (Lipinski definition) is 3. The van der Waals surface area contributed by atoms with Crippen molar-refractivity contribution >= 4 is 11.8 Å². The van der Waals surface area contributed by atoms with Gasteiger partial charge in [0.05, 0.1) is 0 Å². The van der Waals surface area contributed by atoms with Crippen LogP contribution in [0.1, 0.15) is 39.5 Å². The number of hydrogen-bond donors (Lipinski definition) is 0. The van der Waals surface area contributed by atoms with Crippen LogP contribution in [0.3, 0.4) is 0 Å². The summed E-state index contributed by atoms with van der Waals surface area (Å²) in [5, 5.41) is 0. The molecule has 1 rings (SSSR count). The van der Waals surface area contributed by atoms with Crippen LogP contribution in [0.5, 0.6) is 0 Å². The second-order valence-electron chi connectivity index (χ2n) is 3.94. The lowest BCUT2D eigenvalue weighted by Gasteiger charge is -2.21. The van der Waals surface area contributed by atoms with E-state index in [-0.39, 0.29) is 11.8 Å². The van der Waals surface area contributed by atoms with Crippen LogP contribution >= 0.6 is 0 Å². The Kier molecular flexibility index (Phi) is 3.46. The Labute approximate surface area is 78.5 Å². The fraction of sp³-hybridized carbons (Fsp3) is 0.800. The first-order valence-corrected chi connectivity index (χ1v) is 4.82. The highest BCUT2D eigenvalue weighted by molar-refractivity contribution is 5.86. The highest BCUT2D eigenvalue weighted by Crippen LogP contribution is 2.17. The number of carbonyl (C=O) groups excluding carboxylic acids is 2. The minimum atomic E-state index is -0.455. The third-order valence-electron chi connectivity index (χ3n) is 2.09. The molecule has 1 aliphatic rings. The van der Waals surface area contributed by atoms with Gasteiger partial charge in [-0.1, -0.05) is 13.8 Å². The number of cyclic esters (lactones) is 1. The quantitative estimate of drug-likeness (QED) is 0.627. The average Bonchev–Trinajstić information content (AvgIpc) is 2.03. The fourth-order valence-corrected chi connectivity index (χ4v) is 1.47. The van der Waals surface area contributed by atoms with Crippen LogP contribution in [-0.4, -0.2) is 17.9 Å². The van der Waals surface area contributed by atoms with E-state index in [4.69, 9.17) is 4.74 Å². The van der Waals surface area contributed by atoms with E-state index in [1.165, 1.54) is 0 Å². The molecule has 0 aromatic carbocycles. The molecule has 1 heterocycles. The van der Waals surface area contributed by atoms with E-state index in [2.05, 4.69) is 0 Å². The molecular weight excluding hydrogens is 168 g/mol. The topological polar surface area (TPSA) is 43.4 Å². The molecule has 0 spiro atoms. The molecule has 0 aromatic heterocycles. The lowest BCUT2D eigenvalue weighted by atomic mass is 9.98. The van der Waals surface area contributed by atoms with E-state index in [9.17, 15) is 9.59 Å². The van der Waals surface area contributed by atoms with Crippen molar-refractivity contribution < 1.29 is 14.3 Å². The molecule has 1 saturated heterocycles. The molecule has 0 aliphatic carbocycles. The predicted molar refractivity (Wildman–Crippen MR) is 48.2 cm³/mol. The minimum absolute atomic E-state index is 0.0723. The molecule has 0 radical (unpaired) electrons. The summed E-state index contributed by atoms with van der Waals surface area (Å²) in [5.41, 5.74) is 0. The Balaban J connectivity index is 2.41. The molecule has 0 N–H and O–H groups in total. The van der Waals surface area contributed by atoms with Gasteiger partial charge in [0.25, 0.3) is 0 Å². The van der Waals surface area contributed by atoms with Crippen molar-refractivity contribution in [3.05, 3.63) is 0 Å². The van der Waals surface area contributed by atoms with Crippen LogP contribution in [-0.2, 0) is 14.3 Å². The van der Waals surface area contributed by atoms with Crippen molar-refractivity contribution in [2.75, 3.05) is 0 Å². The molecule has 3 heteroatoms. The van der Waals surface area contributed by atoms with Gasteiger partial charge in [0.1, 0.15) is 0 Å². The summed E-state index contributed by atoms with van der Waals surface area (Å²) in [7, 11) is 0. The average molecular weight is 184 g/mol. The summed E-state index contributed by atoms with van der Waals surface area (Å²) < 4.78 is 4.96. The van der Waals surface area contributed by atoms with E-state index < -0.39 is 6.10 Å². The number of Topliss-reactive ketones (excluding diaryl/α,β-unsaturated/α-hetero) is 1. The number of carbonyl (C=O) groups is 2. The van der Waals surface area contributed by atoms with Crippen LogP contribution in [0.4, 0.5) is 0 Å². The summed E-state index contributed by atoms with van der Waals surface area (Å²) in [5.74, 6) is 0.185. The molecule has 74 valence electrons. The summed E-state index contributed by atoms with van der Waals surface area (Å²) >= 11 is 0. The van der Waals surface area contributed by atoms with Crippen molar-refractivity contribution in [1.82, 2.24) is 0 Å². The molecule has 13 heavy (non-hydrogen) atoms. The van der Waals surface area contributed by atoms with Crippen molar-refractivity contribution in [1.29, 1.82) is 0 Å². The van der Waals surface area contributed by atoms with Crippen LogP contribution in [0, 0.1) is 5.92 Å². The van der Waals surface area contributed by atoms with Gasteiger partial charge in [0, 0.05) is 12.8 Å². The first-order valence-electron chi connectivity index (χ1n) is 4.82. The Morgan fingerprint density at radius 3 is 2.85 bits per heavy atom. The summed E-state index contributed by atoms with van der Waals surface area (Å²) in [6.45, 7) is 3.98. The lowest BCUT2D eigenvalue weighted by molar-refractivity contribution is -0.159. The molecule has 0 unspecified atom stereocenters. The van der Waals surface area contributed by atoms with E-state index in [0.29, 0.717) is 25.2 Å². The molecule has 0 amide bonds. The third kappa shape index (κ3) is 3.17. The van der Waals surface area contributed by atoms with E-state index in [1.54, 1.807) is 0 Å². The van der Waals surface area contributed by atoms with Crippen LogP contribution in [0.25, 0.3) is 0 Å². The van der Waals surface area contributed by atoms with Gasteiger partial charge in [-0.3, -0.25) is 9.59 Å². The summed E-state index contributed by atoms with van der Waals surface area (Å²) in [6.07, 6.45) is 2.01. The highest BCUT2D eigenvalue weighted by Gasteiger charge is 2.26. The van der Waals surface area contributed by atoms with Gasteiger partial charge in [0.2, 0.25) is 0 Å². The van der Waals surface area contributed by atoms with Gasteiger partial charge < -0.3 is 4.74 Å². The van der Waals surface area contributed by atoms with Gasteiger partial charge in [-0.25, -0.2) is 0 Å². The van der Waals surface area contributed by atoms with Crippen LogP contribution in [0.2, 0.25) is 0 Å². The molecule has 1 fully saturated rings. The molecule has 0 saturated carbocycles. The second kappa shape index (κ2) is 4.40. The van der Waals surface area contributed by atoms with Crippen molar-refractivity contribution in [2.45, 2.75) is 45.6 Å². The largest absolute Gasteiger partial charge is 0.454 e. The van der Waals surface area contributed by atoms with E-state index in [1.807, 2.05) is 13.8 Å². The maximum atomic E-state index is 11.5. The summed E-state index contributed by atoms with van der Waals surface area (Å²) in [4.78, 5) is 22.4. The Morgan fingerprint density at radius 1 is 1.62 bits per heavy atom. The first kappa shape index (κ1) is 10.2. The summed E-state index contributed by atoms with van der Waals surface area (Å²) in [6, 6.07) is 0. The van der Waals surface area contributed by atoms with Gasteiger partial charge in [-0.2, -0.15) is 0 Å². The predicted octanol–water partition coefficient (Wildman–Crippen LogP) is 1.70. The van der Waals surface area contributed by atoms with Gasteiger partial charge in [-0.15, -0.1) is 0 Å². The van der Waals surface area contributed by atoms with Crippen molar-refractivity contribution in [2.24, 2.45) is 5.92 Å². The minimum Gasteiger partial charge on any atom is -0.454 e. The molecule has 1 aliphatic heterocycles. The zero-order valence-electron chi connectivity index (χ0n) is 8.21. The second-order valence-corrected chi connectivity index (χ2v) is 3.94. The highest BCUT2D eigenvalue weighted by atomic mass is 16.5. The van der Waals surface area contributed by atoms with Crippen LogP contribution < -0.4 is 0 Å². The Bertz CT molecular complexity index is 208. The Hall–Kier alpha value is -0.860. The van der Waals surface area contributed by atoms with Crippen LogP contribution in [0.15, 0.2) is 0 Å². The van der Waals surface area contributed by atoms with Gasteiger partial charge >= 0.3 is 5.97 Å². The Morgan fingerprint density at radius 2 is 2.31 bits per heavy atom. The SMILES string of the molecule is CC(C)CC(=O)[C@@H]1CCCC(=O)O1. The lowest BCUT2D eigenvalue weighted by Crippen LogP contribution is -2.31. The van der Waals surface area contributed by atoms with Crippen molar-refractivity contribution in [3.63, 3.8) is 0 Å². The monoisotopic (exact) mass is 184 g/mol. The van der Waals surface area contributed by atoms with Gasteiger partial charge in [0.15, 0.2) is 11.9 Å². The maximum Gasteiger partial charge on any atom is 0.306 e. The normalized spacial score (nSPS) is 23.0. The number of ether oxygens (including phenoxy) is 1. The molecule has 0 aromatic rings. The molecule has 0 bridgehead atoms.